The summed E-state index contributed by atoms with van der Waals surface area (Å²) in [5.74, 6) is 0.0117. The number of amides is 1. The molecule has 1 aliphatic rings. The second-order valence-electron chi connectivity index (χ2n) is 6.00. The number of nitrogens with two attached hydrogens (primary N) is 1. The minimum Gasteiger partial charge on any atom is -0.369 e. The third-order valence-electron chi connectivity index (χ3n) is 4.55. The first-order valence-electron chi connectivity index (χ1n) is 7.76. The fraction of sp³-hybridized carbons (Fsp3) is 0.235. The van der Waals surface area contributed by atoms with E-state index in [1.807, 2.05) is 41.9 Å². The molecule has 1 amide bonds. The van der Waals surface area contributed by atoms with Crippen LogP contribution in [-0.2, 0) is 20.0 Å². The first-order valence-corrected chi connectivity index (χ1v) is 7.76. The van der Waals surface area contributed by atoms with Crippen LogP contribution < -0.4 is 11.3 Å². The van der Waals surface area contributed by atoms with E-state index in [0.29, 0.717) is 36.5 Å². The molecule has 3 aromatic rings. The van der Waals surface area contributed by atoms with E-state index in [4.69, 9.17) is 5.73 Å². The largest absolute Gasteiger partial charge is 0.369 e. The van der Waals surface area contributed by atoms with Crippen LogP contribution >= 0.6 is 0 Å². The molecule has 1 aromatic carbocycles. The predicted molar refractivity (Wildman–Crippen MR) is 90.6 cm³/mol. The number of rotatable bonds is 1. The van der Waals surface area contributed by atoms with Gasteiger partial charge in [-0.15, -0.1) is 0 Å². The molecule has 4 rings (SSSR count). The second kappa shape index (κ2) is 5.23. The van der Waals surface area contributed by atoms with Crippen LogP contribution in [0.4, 0.5) is 5.95 Å². The normalized spacial score (nSPS) is 14.0. The summed E-state index contributed by atoms with van der Waals surface area (Å²) >= 11 is 0. The number of nitrogens with one attached hydrogen (secondary N) is 1. The van der Waals surface area contributed by atoms with Gasteiger partial charge in [0.15, 0.2) is 0 Å². The van der Waals surface area contributed by atoms with Crippen LogP contribution in [0.3, 0.4) is 0 Å². The lowest BCUT2D eigenvalue weighted by Gasteiger charge is -2.27. The van der Waals surface area contributed by atoms with E-state index >= 15 is 0 Å². The number of fused-ring (bicyclic) bond motifs is 2. The Morgan fingerprint density at radius 3 is 2.92 bits per heavy atom. The van der Waals surface area contributed by atoms with Crippen molar-refractivity contribution in [3.63, 3.8) is 0 Å². The SMILES string of the molecule is Cn1c(C(=O)N2CCc3c(nc(N)[nH]c3=O)C2)cc2ccccc21. The highest BCUT2D eigenvalue weighted by Gasteiger charge is 2.26. The molecule has 3 heterocycles. The summed E-state index contributed by atoms with van der Waals surface area (Å²) in [5.41, 5.74) is 8.23. The maximum atomic E-state index is 12.9. The van der Waals surface area contributed by atoms with Gasteiger partial charge in [-0.05, 0) is 18.6 Å². The molecule has 0 saturated heterocycles. The Labute approximate surface area is 137 Å². The fourth-order valence-electron chi connectivity index (χ4n) is 3.29. The molecule has 1 aliphatic heterocycles. The summed E-state index contributed by atoms with van der Waals surface area (Å²) in [5, 5.41) is 1.03. The van der Waals surface area contributed by atoms with Gasteiger partial charge in [-0.1, -0.05) is 18.2 Å². The van der Waals surface area contributed by atoms with Crippen LogP contribution in [0.25, 0.3) is 10.9 Å². The highest BCUT2D eigenvalue weighted by atomic mass is 16.2. The van der Waals surface area contributed by atoms with Crippen LogP contribution in [0.15, 0.2) is 35.1 Å². The number of aromatic amines is 1. The molecule has 0 aliphatic carbocycles. The second-order valence-corrected chi connectivity index (χ2v) is 6.00. The monoisotopic (exact) mass is 323 g/mol. The minimum atomic E-state index is -0.214. The molecule has 0 spiro atoms. The lowest BCUT2D eigenvalue weighted by atomic mass is 10.1. The Morgan fingerprint density at radius 1 is 1.33 bits per heavy atom. The number of para-hydroxylation sites is 1. The van der Waals surface area contributed by atoms with E-state index in [9.17, 15) is 9.59 Å². The van der Waals surface area contributed by atoms with Crippen molar-refractivity contribution < 1.29 is 4.79 Å². The number of H-pyrrole nitrogens is 1. The third-order valence-corrected chi connectivity index (χ3v) is 4.55. The van der Waals surface area contributed by atoms with Crippen LogP contribution in [0, 0.1) is 0 Å². The van der Waals surface area contributed by atoms with Gasteiger partial charge in [0.1, 0.15) is 5.69 Å². The number of hydrogen-bond donors (Lipinski definition) is 2. The van der Waals surface area contributed by atoms with E-state index in [-0.39, 0.29) is 17.4 Å². The van der Waals surface area contributed by atoms with Crippen LogP contribution in [0.2, 0.25) is 0 Å². The molecule has 0 atom stereocenters. The molecule has 0 bridgehead atoms. The smallest absolute Gasteiger partial charge is 0.270 e. The lowest BCUT2D eigenvalue weighted by Crippen LogP contribution is -2.39. The topological polar surface area (TPSA) is 97.0 Å². The number of anilines is 1. The molecule has 2 aromatic heterocycles. The Kier molecular flexibility index (Phi) is 3.16. The van der Waals surface area contributed by atoms with Crippen molar-refractivity contribution in [2.45, 2.75) is 13.0 Å². The Balaban J connectivity index is 1.70. The molecule has 7 heteroatoms. The van der Waals surface area contributed by atoms with Crippen molar-refractivity contribution in [3.05, 3.63) is 57.6 Å². The quantitative estimate of drug-likeness (QED) is 0.699. The lowest BCUT2D eigenvalue weighted by molar-refractivity contribution is 0.0722. The van der Waals surface area contributed by atoms with Crippen molar-refractivity contribution in [3.8, 4) is 0 Å². The minimum absolute atomic E-state index is 0.0694. The summed E-state index contributed by atoms with van der Waals surface area (Å²) < 4.78 is 1.90. The average molecular weight is 323 g/mol. The number of carbonyl (C=O) groups is 1. The van der Waals surface area contributed by atoms with E-state index in [0.717, 1.165) is 10.9 Å². The fourth-order valence-corrected chi connectivity index (χ4v) is 3.29. The van der Waals surface area contributed by atoms with Gasteiger partial charge in [0.2, 0.25) is 5.95 Å². The van der Waals surface area contributed by atoms with Crippen molar-refractivity contribution in [1.29, 1.82) is 0 Å². The first kappa shape index (κ1) is 14.5. The Bertz CT molecular complexity index is 1020. The molecule has 7 nitrogen and oxygen atoms in total. The first-order chi connectivity index (χ1) is 11.5. The van der Waals surface area contributed by atoms with Gasteiger partial charge in [-0.25, -0.2) is 4.98 Å². The zero-order valence-corrected chi connectivity index (χ0v) is 13.2. The summed E-state index contributed by atoms with van der Waals surface area (Å²) in [4.78, 5) is 33.3. The van der Waals surface area contributed by atoms with E-state index in [1.165, 1.54) is 0 Å². The summed E-state index contributed by atoms with van der Waals surface area (Å²) in [7, 11) is 1.88. The van der Waals surface area contributed by atoms with Gasteiger partial charge < -0.3 is 15.2 Å². The number of hydrogen-bond acceptors (Lipinski definition) is 4. The van der Waals surface area contributed by atoms with Gasteiger partial charge in [0.05, 0.1) is 12.2 Å². The Morgan fingerprint density at radius 2 is 2.12 bits per heavy atom. The summed E-state index contributed by atoms with van der Waals surface area (Å²) in [6.45, 7) is 0.784. The van der Waals surface area contributed by atoms with Crippen LogP contribution in [0.5, 0.6) is 0 Å². The third kappa shape index (κ3) is 2.17. The molecular formula is C17H17N5O2. The zero-order valence-electron chi connectivity index (χ0n) is 13.2. The van der Waals surface area contributed by atoms with Gasteiger partial charge in [-0.3, -0.25) is 14.6 Å². The molecular weight excluding hydrogens is 306 g/mol. The maximum absolute atomic E-state index is 12.9. The number of carbonyl (C=O) groups excluding carboxylic acids is 1. The number of aryl methyl sites for hydroxylation is 1. The molecule has 0 unspecified atom stereocenters. The van der Waals surface area contributed by atoms with Gasteiger partial charge in [-0.2, -0.15) is 0 Å². The molecule has 0 fully saturated rings. The van der Waals surface area contributed by atoms with Gasteiger partial charge >= 0.3 is 0 Å². The standard InChI is InChI=1S/C17H17N5O2/c1-21-13-5-3-2-4-10(13)8-14(21)16(24)22-7-6-11-12(9-22)19-17(18)20-15(11)23/h2-5,8H,6-7,9H2,1H3,(H3,18,19,20,23). The van der Waals surface area contributed by atoms with E-state index in [1.54, 1.807) is 4.90 Å². The van der Waals surface area contributed by atoms with E-state index in [2.05, 4.69) is 9.97 Å². The molecule has 3 N–H and O–H groups in total. The number of nitrogen functional groups attached to an aromatic ring is 1. The highest BCUT2D eigenvalue weighted by molar-refractivity contribution is 5.98. The van der Waals surface area contributed by atoms with Crippen LogP contribution in [-0.4, -0.2) is 31.9 Å². The van der Waals surface area contributed by atoms with Crippen molar-refractivity contribution in [1.82, 2.24) is 19.4 Å². The molecule has 0 radical (unpaired) electrons. The predicted octanol–water partition coefficient (Wildman–Crippen LogP) is 1.04. The number of nitrogens with zero attached hydrogens (tertiary/aromatic N) is 3. The molecule has 122 valence electrons. The zero-order chi connectivity index (χ0) is 16.8. The van der Waals surface area contributed by atoms with E-state index < -0.39 is 0 Å². The number of benzene rings is 1. The van der Waals surface area contributed by atoms with Gasteiger partial charge in [0.25, 0.3) is 11.5 Å². The maximum Gasteiger partial charge on any atom is 0.270 e. The van der Waals surface area contributed by atoms with Gasteiger partial charge in [0, 0.05) is 30.1 Å². The molecule has 0 saturated carbocycles. The van der Waals surface area contributed by atoms with Crippen molar-refractivity contribution in [2.75, 3.05) is 12.3 Å². The van der Waals surface area contributed by atoms with Crippen molar-refractivity contribution in [2.24, 2.45) is 7.05 Å². The van der Waals surface area contributed by atoms with Crippen LogP contribution in [0.1, 0.15) is 21.7 Å². The average Bonchev–Trinajstić information content (AvgIpc) is 2.91. The summed E-state index contributed by atoms with van der Waals surface area (Å²) in [6, 6.07) is 9.77. The summed E-state index contributed by atoms with van der Waals surface area (Å²) in [6.07, 6.45) is 0.480. The highest BCUT2D eigenvalue weighted by Crippen LogP contribution is 2.22. The molecule has 24 heavy (non-hydrogen) atoms. The Hall–Kier alpha value is -3.09. The van der Waals surface area contributed by atoms with Crippen molar-refractivity contribution >= 4 is 22.8 Å². The number of aromatic nitrogens is 3.